The number of aliphatic hydroxyl groups excluding tert-OH is 1. The lowest BCUT2D eigenvalue weighted by Crippen LogP contribution is -2.47. The molecule has 0 atom stereocenters. The van der Waals surface area contributed by atoms with Crippen LogP contribution in [0.3, 0.4) is 0 Å². The van der Waals surface area contributed by atoms with Gasteiger partial charge in [-0.1, -0.05) is 0 Å². The van der Waals surface area contributed by atoms with Gasteiger partial charge in [-0.25, -0.2) is 4.98 Å². The zero-order valence-corrected chi connectivity index (χ0v) is 12.2. The summed E-state index contributed by atoms with van der Waals surface area (Å²) in [4.78, 5) is 8.93. The third kappa shape index (κ3) is 2.76. The van der Waals surface area contributed by atoms with Crippen LogP contribution in [0, 0.1) is 6.92 Å². The van der Waals surface area contributed by atoms with Gasteiger partial charge in [0.1, 0.15) is 5.82 Å². The average molecular weight is 315 g/mol. The van der Waals surface area contributed by atoms with Crippen molar-refractivity contribution in [3.63, 3.8) is 0 Å². The van der Waals surface area contributed by atoms with Gasteiger partial charge in [0.05, 0.1) is 23.0 Å². The van der Waals surface area contributed by atoms with E-state index >= 15 is 0 Å². The van der Waals surface area contributed by atoms with Crippen molar-refractivity contribution < 1.29 is 5.11 Å². The summed E-state index contributed by atoms with van der Waals surface area (Å²) in [5, 5.41) is 8.92. The molecule has 0 unspecified atom stereocenters. The molecule has 0 aliphatic carbocycles. The Kier molecular flexibility index (Phi) is 4.42. The minimum atomic E-state index is 0.225. The fourth-order valence-electron chi connectivity index (χ4n) is 2.12. The number of rotatable bonds is 3. The summed E-state index contributed by atoms with van der Waals surface area (Å²) in [6.45, 7) is 6.73. The Labute approximate surface area is 116 Å². The van der Waals surface area contributed by atoms with E-state index in [9.17, 15) is 0 Å². The first kappa shape index (κ1) is 13.6. The van der Waals surface area contributed by atoms with E-state index in [0.29, 0.717) is 5.69 Å². The molecular formula is C12H19BrN4O. The van der Waals surface area contributed by atoms with Gasteiger partial charge in [-0.05, 0) is 28.4 Å². The highest BCUT2D eigenvalue weighted by Gasteiger charge is 2.20. The lowest BCUT2D eigenvalue weighted by molar-refractivity contribution is 0.188. The minimum Gasteiger partial charge on any atom is -0.397 e. The summed E-state index contributed by atoms with van der Waals surface area (Å²) in [7, 11) is 0. The number of hydrogen-bond acceptors (Lipinski definition) is 5. The maximum absolute atomic E-state index is 8.92. The molecule has 5 nitrogen and oxygen atoms in total. The number of nitrogen functional groups attached to an aromatic ring is 1. The SMILES string of the molecule is Cc1c(N)cnc(N2CCN(CCO)CC2)c1Br. The van der Waals surface area contributed by atoms with Gasteiger partial charge in [-0.2, -0.15) is 0 Å². The van der Waals surface area contributed by atoms with Crippen molar-refractivity contribution in [2.75, 3.05) is 50.0 Å². The topological polar surface area (TPSA) is 65.6 Å². The van der Waals surface area contributed by atoms with E-state index in [1.54, 1.807) is 6.20 Å². The van der Waals surface area contributed by atoms with E-state index in [1.165, 1.54) is 0 Å². The predicted molar refractivity (Wildman–Crippen MR) is 76.8 cm³/mol. The highest BCUT2D eigenvalue weighted by molar-refractivity contribution is 9.10. The normalized spacial score (nSPS) is 17.2. The molecule has 1 aromatic heterocycles. The Morgan fingerprint density at radius 3 is 2.67 bits per heavy atom. The van der Waals surface area contributed by atoms with Crippen LogP contribution in [0.4, 0.5) is 11.5 Å². The molecular weight excluding hydrogens is 296 g/mol. The summed E-state index contributed by atoms with van der Waals surface area (Å²) in [5.41, 5.74) is 7.59. The van der Waals surface area contributed by atoms with E-state index in [-0.39, 0.29) is 6.61 Å². The van der Waals surface area contributed by atoms with Gasteiger partial charge in [-0.3, -0.25) is 4.90 Å². The Balaban J connectivity index is 2.08. The van der Waals surface area contributed by atoms with Gasteiger partial charge in [0.2, 0.25) is 0 Å². The van der Waals surface area contributed by atoms with E-state index in [0.717, 1.165) is 48.6 Å². The number of halogens is 1. The summed E-state index contributed by atoms with van der Waals surface area (Å²) >= 11 is 3.57. The van der Waals surface area contributed by atoms with E-state index in [4.69, 9.17) is 10.8 Å². The fraction of sp³-hybridized carbons (Fsp3) is 0.583. The summed E-state index contributed by atoms with van der Waals surface area (Å²) < 4.78 is 0.984. The molecule has 1 aliphatic heterocycles. The molecule has 0 bridgehead atoms. The molecule has 100 valence electrons. The number of piperazine rings is 1. The molecule has 1 saturated heterocycles. The zero-order valence-electron chi connectivity index (χ0n) is 10.6. The number of nitrogens with zero attached hydrogens (tertiary/aromatic N) is 3. The Hall–Kier alpha value is -0.850. The molecule has 6 heteroatoms. The van der Waals surface area contributed by atoms with Crippen molar-refractivity contribution in [2.45, 2.75) is 6.92 Å². The third-order valence-electron chi connectivity index (χ3n) is 3.37. The lowest BCUT2D eigenvalue weighted by atomic mass is 10.2. The van der Waals surface area contributed by atoms with Crippen LogP contribution in [-0.4, -0.2) is 54.3 Å². The van der Waals surface area contributed by atoms with Gasteiger partial charge in [0.25, 0.3) is 0 Å². The van der Waals surface area contributed by atoms with Crippen molar-refractivity contribution in [1.29, 1.82) is 0 Å². The van der Waals surface area contributed by atoms with E-state index in [2.05, 4.69) is 30.7 Å². The molecule has 1 aliphatic rings. The number of nitrogens with two attached hydrogens (primary N) is 1. The first-order chi connectivity index (χ1) is 8.63. The summed E-state index contributed by atoms with van der Waals surface area (Å²) in [6.07, 6.45) is 1.72. The quantitative estimate of drug-likeness (QED) is 0.866. The Morgan fingerprint density at radius 2 is 2.06 bits per heavy atom. The monoisotopic (exact) mass is 314 g/mol. The Bertz CT molecular complexity index is 419. The number of β-amino-alcohol motifs (C(OH)–C–C–N with tert-alkyl or cyclic N) is 1. The Morgan fingerprint density at radius 1 is 1.39 bits per heavy atom. The van der Waals surface area contributed by atoms with Crippen LogP contribution in [0.5, 0.6) is 0 Å². The summed E-state index contributed by atoms with van der Waals surface area (Å²) in [6, 6.07) is 0. The largest absolute Gasteiger partial charge is 0.397 e. The molecule has 2 heterocycles. The van der Waals surface area contributed by atoms with Crippen molar-refractivity contribution >= 4 is 27.4 Å². The first-order valence-corrected chi connectivity index (χ1v) is 6.91. The van der Waals surface area contributed by atoms with Crippen molar-refractivity contribution in [3.05, 3.63) is 16.2 Å². The second-order valence-electron chi connectivity index (χ2n) is 4.53. The van der Waals surface area contributed by atoms with E-state index < -0.39 is 0 Å². The third-order valence-corrected chi connectivity index (χ3v) is 4.32. The van der Waals surface area contributed by atoms with Crippen LogP contribution in [-0.2, 0) is 0 Å². The van der Waals surface area contributed by atoms with E-state index in [1.807, 2.05) is 6.92 Å². The van der Waals surface area contributed by atoms with Crippen molar-refractivity contribution in [2.24, 2.45) is 0 Å². The molecule has 0 spiro atoms. The minimum absolute atomic E-state index is 0.225. The smallest absolute Gasteiger partial charge is 0.143 e. The van der Waals surface area contributed by atoms with Gasteiger partial charge < -0.3 is 15.7 Å². The molecule has 0 radical (unpaired) electrons. The number of pyridine rings is 1. The molecule has 0 saturated carbocycles. The van der Waals surface area contributed by atoms with Gasteiger partial charge >= 0.3 is 0 Å². The van der Waals surface area contributed by atoms with Crippen molar-refractivity contribution in [1.82, 2.24) is 9.88 Å². The number of anilines is 2. The second-order valence-corrected chi connectivity index (χ2v) is 5.32. The average Bonchev–Trinajstić information content (AvgIpc) is 2.38. The zero-order chi connectivity index (χ0) is 13.1. The predicted octanol–water partition coefficient (Wildman–Crippen LogP) is 0.849. The molecule has 18 heavy (non-hydrogen) atoms. The molecule has 0 aromatic carbocycles. The van der Waals surface area contributed by atoms with Crippen LogP contribution in [0.25, 0.3) is 0 Å². The van der Waals surface area contributed by atoms with Gasteiger partial charge in [0.15, 0.2) is 0 Å². The van der Waals surface area contributed by atoms with Gasteiger partial charge in [0, 0.05) is 32.7 Å². The molecule has 2 rings (SSSR count). The number of hydrogen-bond donors (Lipinski definition) is 2. The number of aromatic nitrogens is 1. The lowest BCUT2D eigenvalue weighted by Gasteiger charge is -2.35. The molecule has 1 aromatic rings. The van der Waals surface area contributed by atoms with Crippen molar-refractivity contribution in [3.8, 4) is 0 Å². The van der Waals surface area contributed by atoms with Crippen LogP contribution < -0.4 is 10.6 Å². The van der Waals surface area contributed by atoms with Crippen LogP contribution in [0.1, 0.15) is 5.56 Å². The maximum atomic E-state index is 8.92. The summed E-state index contributed by atoms with van der Waals surface area (Å²) in [5.74, 6) is 0.963. The molecule has 3 N–H and O–H groups in total. The second kappa shape index (κ2) is 5.86. The fourth-order valence-corrected chi connectivity index (χ4v) is 2.71. The first-order valence-electron chi connectivity index (χ1n) is 6.12. The number of aliphatic hydroxyl groups is 1. The molecule has 0 amide bonds. The highest BCUT2D eigenvalue weighted by atomic mass is 79.9. The van der Waals surface area contributed by atoms with Crippen LogP contribution in [0.2, 0.25) is 0 Å². The van der Waals surface area contributed by atoms with Crippen LogP contribution >= 0.6 is 15.9 Å². The van der Waals surface area contributed by atoms with Gasteiger partial charge in [-0.15, -0.1) is 0 Å². The van der Waals surface area contributed by atoms with Crippen LogP contribution in [0.15, 0.2) is 10.7 Å². The maximum Gasteiger partial charge on any atom is 0.143 e. The molecule has 1 fully saturated rings. The highest BCUT2D eigenvalue weighted by Crippen LogP contribution is 2.30. The standard InChI is InChI=1S/C12H19BrN4O/c1-9-10(14)8-15-12(11(9)13)17-4-2-16(3-5-17)6-7-18/h8,18H,2-7,14H2,1H3.